The second-order valence-electron chi connectivity index (χ2n) is 4.16. The summed E-state index contributed by atoms with van der Waals surface area (Å²) in [5, 5.41) is 11.0. The van der Waals surface area contributed by atoms with Gasteiger partial charge in [0.15, 0.2) is 0 Å². The number of rotatable bonds is 8. The zero-order valence-electron chi connectivity index (χ0n) is 13.0. The molecule has 0 aliphatic rings. The average molecular weight is 295 g/mol. The minimum Gasteiger partial charge on any atom is -0.494 e. The lowest BCUT2D eigenvalue weighted by molar-refractivity contribution is -0.137. The highest BCUT2D eigenvalue weighted by Gasteiger charge is 2.02. The number of carbonyl (C=O) groups excluding carboxylic acids is 1. The van der Waals surface area contributed by atoms with Gasteiger partial charge in [-0.25, -0.2) is 0 Å². The average Bonchev–Trinajstić information content (AvgIpc) is 2.52. The Morgan fingerprint density at radius 3 is 2.24 bits per heavy atom. The summed E-state index contributed by atoms with van der Waals surface area (Å²) in [6.45, 7) is 4.55. The molecule has 1 aromatic rings. The molecule has 5 heteroatoms. The monoisotopic (exact) mass is 295 g/mol. The van der Waals surface area contributed by atoms with Gasteiger partial charge in [0, 0.05) is 19.0 Å². The van der Waals surface area contributed by atoms with E-state index in [2.05, 4.69) is 5.32 Å². The van der Waals surface area contributed by atoms with Crippen molar-refractivity contribution in [1.82, 2.24) is 5.32 Å². The van der Waals surface area contributed by atoms with Crippen LogP contribution in [0.2, 0.25) is 0 Å². The Hall–Kier alpha value is -2.04. The van der Waals surface area contributed by atoms with Gasteiger partial charge in [-0.3, -0.25) is 9.59 Å². The SMILES string of the molecule is CC.CNC(=O)c1ccc(OCCCCCC(=O)O)cc1. The predicted molar refractivity (Wildman–Crippen MR) is 82.8 cm³/mol. The van der Waals surface area contributed by atoms with Crippen LogP contribution in [0.15, 0.2) is 24.3 Å². The minimum absolute atomic E-state index is 0.125. The lowest BCUT2D eigenvalue weighted by Crippen LogP contribution is -2.17. The van der Waals surface area contributed by atoms with Crippen LogP contribution in [0.4, 0.5) is 0 Å². The lowest BCUT2D eigenvalue weighted by Gasteiger charge is -2.06. The summed E-state index contributed by atoms with van der Waals surface area (Å²) >= 11 is 0. The zero-order chi connectivity index (χ0) is 16.1. The number of ether oxygens (including phenoxy) is 1. The van der Waals surface area contributed by atoms with Crippen LogP contribution >= 0.6 is 0 Å². The number of amides is 1. The van der Waals surface area contributed by atoms with E-state index >= 15 is 0 Å². The fourth-order valence-corrected chi connectivity index (χ4v) is 1.59. The molecule has 0 atom stereocenters. The van der Waals surface area contributed by atoms with Crippen LogP contribution in [-0.2, 0) is 4.79 Å². The largest absolute Gasteiger partial charge is 0.494 e. The van der Waals surface area contributed by atoms with Crippen LogP contribution in [0.25, 0.3) is 0 Å². The van der Waals surface area contributed by atoms with Crippen LogP contribution in [0.1, 0.15) is 49.9 Å². The fourth-order valence-electron chi connectivity index (χ4n) is 1.59. The van der Waals surface area contributed by atoms with Crippen molar-refractivity contribution in [2.24, 2.45) is 0 Å². The number of carboxylic acid groups (broad SMARTS) is 1. The molecule has 1 aromatic carbocycles. The zero-order valence-corrected chi connectivity index (χ0v) is 13.0. The highest BCUT2D eigenvalue weighted by molar-refractivity contribution is 5.94. The van der Waals surface area contributed by atoms with E-state index in [1.165, 1.54) is 0 Å². The molecule has 1 rings (SSSR count). The number of benzene rings is 1. The molecule has 1 amide bonds. The van der Waals surface area contributed by atoms with Gasteiger partial charge in [0.05, 0.1) is 6.61 Å². The molecule has 118 valence electrons. The highest BCUT2D eigenvalue weighted by atomic mass is 16.5. The summed E-state index contributed by atoms with van der Waals surface area (Å²) in [6.07, 6.45) is 2.54. The number of nitrogens with one attached hydrogen (secondary N) is 1. The van der Waals surface area contributed by atoms with Crippen molar-refractivity contribution < 1.29 is 19.4 Å². The fraction of sp³-hybridized carbons (Fsp3) is 0.500. The summed E-state index contributed by atoms with van der Waals surface area (Å²) in [5.41, 5.74) is 0.594. The van der Waals surface area contributed by atoms with E-state index in [4.69, 9.17) is 9.84 Å². The van der Waals surface area contributed by atoms with Crippen molar-refractivity contribution in [2.45, 2.75) is 39.5 Å². The minimum atomic E-state index is -0.759. The summed E-state index contributed by atoms with van der Waals surface area (Å²) in [5.74, 6) is -0.170. The first-order valence-electron chi connectivity index (χ1n) is 7.30. The molecule has 0 saturated carbocycles. The molecule has 0 aromatic heterocycles. The van der Waals surface area contributed by atoms with E-state index in [1.54, 1.807) is 31.3 Å². The van der Waals surface area contributed by atoms with Gasteiger partial charge in [0.2, 0.25) is 0 Å². The Kier molecular flexibility index (Phi) is 10.6. The van der Waals surface area contributed by atoms with E-state index in [1.807, 2.05) is 13.8 Å². The van der Waals surface area contributed by atoms with Gasteiger partial charge in [0.1, 0.15) is 5.75 Å². The molecule has 0 aliphatic carbocycles. The molecule has 21 heavy (non-hydrogen) atoms. The molecule has 0 aliphatic heterocycles. The molecule has 0 saturated heterocycles. The van der Waals surface area contributed by atoms with Crippen molar-refractivity contribution in [2.75, 3.05) is 13.7 Å². The van der Waals surface area contributed by atoms with E-state index in [0.717, 1.165) is 12.8 Å². The lowest BCUT2D eigenvalue weighted by atomic mass is 10.2. The van der Waals surface area contributed by atoms with Gasteiger partial charge in [-0.2, -0.15) is 0 Å². The standard InChI is InChI=1S/C14H19NO4.C2H6/c1-15-14(18)11-6-8-12(9-7-11)19-10-4-2-3-5-13(16)17;1-2/h6-9H,2-5,10H2,1H3,(H,15,18)(H,16,17);1-2H3. The predicted octanol–water partition coefficient (Wildman–Crippen LogP) is 3.10. The Balaban J connectivity index is 0.00000191. The number of hydrogen-bond acceptors (Lipinski definition) is 3. The molecule has 5 nitrogen and oxygen atoms in total. The molecular weight excluding hydrogens is 270 g/mol. The number of carbonyl (C=O) groups is 2. The maximum absolute atomic E-state index is 11.3. The van der Waals surface area contributed by atoms with Crippen LogP contribution in [0.5, 0.6) is 5.75 Å². The van der Waals surface area contributed by atoms with E-state index in [0.29, 0.717) is 24.3 Å². The molecule has 0 spiro atoms. The first kappa shape index (κ1) is 19.0. The van der Waals surface area contributed by atoms with Crippen molar-refractivity contribution in [3.05, 3.63) is 29.8 Å². The third-order valence-corrected chi connectivity index (χ3v) is 2.65. The summed E-state index contributed by atoms with van der Waals surface area (Å²) in [7, 11) is 1.59. The first-order chi connectivity index (χ1) is 10.1. The first-order valence-corrected chi connectivity index (χ1v) is 7.30. The Morgan fingerprint density at radius 1 is 1.10 bits per heavy atom. The van der Waals surface area contributed by atoms with Crippen molar-refractivity contribution in [3.63, 3.8) is 0 Å². The Bertz CT molecular complexity index is 415. The number of carboxylic acids is 1. The highest BCUT2D eigenvalue weighted by Crippen LogP contribution is 2.13. The van der Waals surface area contributed by atoms with E-state index in [-0.39, 0.29) is 12.3 Å². The Labute approximate surface area is 126 Å². The second-order valence-corrected chi connectivity index (χ2v) is 4.16. The molecule has 0 radical (unpaired) electrons. The Morgan fingerprint density at radius 2 is 1.71 bits per heavy atom. The normalized spacial score (nSPS) is 9.29. The van der Waals surface area contributed by atoms with Crippen molar-refractivity contribution in [1.29, 1.82) is 0 Å². The van der Waals surface area contributed by atoms with Gasteiger partial charge in [-0.15, -0.1) is 0 Å². The molecule has 0 fully saturated rings. The van der Waals surface area contributed by atoms with Gasteiger partial charge in [-0.05, 0) is 43.5 Å². The molecule has 0 bridgehead atoms. The van der Waals surface area contributed by atoms with Gasteiger partial charge in [-0.1, -0.05) is 13.8 Å². The summed E-state index contributed by atoms with van der Waals surface area (Å²) < 4.78 is 5.50. The quantitative estimate of drug-likeness (QED) is 0.723. The number of aliphatic carboxylic acids is 1. The van der Waals surface area contributed by atoms with Crippen LogP contribution in [0, 0.1) is 0 Å². The van der Waals surface area contributed by atoms with Crippen molar-refractivity contribution in [3.8, 4) is 5.75 Å². The second kappa shape index (κ2) is 11.8. The topological polar surface area (TPSA) is 75.6 Å². The van der Waals surface area contributed by atoms with Crippen LogP contribution in [0.3, 0.4) is 0 Å². The van der Waals surface area contributed by atoms with Crippen molar-refractivity contribution >= 4 is 11.9 Å². The van der Waals surface area contributed by atoms with E-state index < -0.39 is 5.97 Å². The molecule has 0 unspecified atom stereocenters. The van der Waals surface area contributed by atoms with Crippen LogP contribution in [-0.4, -0.2) is 30.6 Å². The molecular formula is C16H25NO4. The van der Waals surface area contributed by atoms with Gasteiger partial charge >= 0.3 is 5.97 Å². The van der Waals surface area contributed by atoms with Gasteiger partial charge < -0.3 is 15.2 Å². The third-order valence-electron chi connectivity index (χ3n) is 2.65. The van der Waals surface area contributed by atoms with E-state index in [9.17, 15) is 9.59 Å². The van der Waals surface area contributed by atoms with Gasteiger partial charge in [0.25, 0.3) is 5.91 Å². The maximum atomic E-state index is 11.3. The maximum Gasteiger partial charge on any atom is 0.303 e. The molecule has 0 heterocycles. The smallest absolute Gasteiger partial charge is 0.303 e. The summed E-state index contributed by atoms with van der Waals surface area (Å²) in [4.78, 5) is 21.6. The summed E-state index contributed by atoms with van der Waals surface area (Å²) in [6, 6.07) is 6.92. The van der Waals surface area contributed by atoms with Crippen LogP contribution < -0.4 is 10.1 Å². The number of hydrogen-bond donors (Lipinski definition) is 2. The number of unbranched alkanes of at least 4 members (excludes halogenated alkanes) is 2. The third kappa shape index (κ3) is 8.68. The molecule has 2 N–H and O–H groups in total.